The molecule has 2 heterocycles. The predicted octanol–water partition coefficient (Wildman–Crippen LogP) is 3.04. The molecule has 1 saturated heterocycles. The first-order valence-electron chi connectivity index (χ1n) is 7.37. The minimum absolute atomic E-state index is 0.225. The van der Waals surface area contributed by atoms with Crippen LogP contribution in [0.1, 0.15) is 23.0 Å². The summed E-state index contributed by atoms with van der Waals surface area (Å²) in [6.45, 7) is 1.16. The third-order valence-electron chi connectivity index (χ3n) is 4.00. The molecule has 1 aromatic heterocycles. The lowest BCUT2D eigenvalue weighted by molar-refractivity contribution is -0.130. The van der Waals surface area contributed by atoms with Gasteiger partial charge in [0.05, 0.1) is 22.3 Å². The summed E-state index contributed by atoms with van der Waals surface area (Å²) >= 11 is 11.7. The standard InChI is InChI=1S/C17H13Cl2N3O3/c1-17(14-4-2-3-7-20-14)15(24)22(16(25)21-17)9-13(23)10-5-6-11(18)12(19)8-10/h2-8H,9H2,1H3,(H,21,25)/t17-/m0/s1. The maximum absolute atomic E-state index is 12.7. The number of nitrogens with zero attached hydrogens (tertiary/aromatic N) is 2. The van der Waals surface area contributed by atoms with Gasteiger partial charge in [-0.15, -0.1) is 0 Å². The second kappa shape index (κ2) is 6.46. The summed E-state index contributed by atoms with van der Waals surface area (Å²) in [6.07, 6.45) is 1.53. The smallest absolute Gasteiger partial charge is 0.318 e. The summed E-state index contributed by atoms with van der Waals surface area (Å²) < 4.78 is 0. The van der Waals surface area contributed by atoms with E-state index in [1.807, 2.05) is 0 Å². The number of pyridine rings is 1. The van der Waals surface area contributed by atoms with Crippen molar-refractivity contribution in [3.8, 4) is 0 Å². The fraction of sp³-hybridized carbons (Fsp3) is 0.176. The van der Waals surface area contributed by atoms with Crippen molar-refractivity contribution in [2.75, 3.05) is 6.54 Å². The number of urea groups is 1. The van der Waals surface area contributed by atoms with Gasteiger partial charge in [-0.1, -0.05) is 29.3 Å². The molecule has 8 heteroatoms. The van der Waals surface area contributed by atoms with Crippen molar-refractivity contribution < 1.29 is 14.4 Å². The van der Waals surface area contributed by atoms with Gasteiger partial charge < -0.3 is 5.32 Å². The third-order valence-corrected chi connectivity index (χ3v) is 4.73. The first-order chi connectivity index (χ1) is 11.8. The van der Waals surface area contributed by atoms with Crippen molar-refractivity contribution in [1.82, 2.24) is 15.2 Å². The summed E-state index contributed by atoms with van der Waals surface area (Å²) in [4.78, 5) is 42.4. The molecule has 0 bridgehead atoms. The first kappa shape index (κ1) is 17.4. The lowest BCUT2D eigenvalue weighted by Gasteiger charge is -2.20. The number of amides is 3. The highest BCUT2D eigenvalue weighted by molar-refractivity contribution is 6.42. The molecule has 0 radical (unpaired) electrons. The molecule has 25 heavy (non-hydrogen) atoms. The normalized spacial score (nSPS) is 19.9. The van der Waals surface area contributed by atoms with Gasteiger partial charge in [-0.25, -0.2) is 4.79 Å². The van der Waals surface area contributed by atoms with Crippen LogP contribution >= 0.6 is 23.2 Å². The van der Waals surface area contributed by atoms with E-state index in [0.717, 1.165) is 4.90 Å². The van der Waals surface area contributed by atoms with Crippen molar-refractivity contribution in [3.63, 3.8) is 0 Å². The zero-order valence-corrected chi connectivity index (χ0v) is 14.6. The van der Waals surface area contributed by atoms with Gasteiger partial charge in [0.1, 0.15) is 0 Å². The van der Waals surface area contributed by atoms with Crippen molar-refractivity contribution >= 4 is 40.9 Å². The molecule has 1 N–H and O–H groups in total. The molecular weight excluding hydrogens is 365 g/mol. The van der Waals surface area contributed by atoms with Gasteiger partial charge >= 0.3 is 6.03 Å². The van der Waals surface area contributed by atoms with Crippen LogP contribution in [-0.2, 0) is 10.3 Å². The fourth-order valence-electron chi connectivity index (χ4n) is 2.58. The molecular formula is C17H13Cl2N3O3. The Bertz CT molecular complexity index is 873. The van der Waals surface area contributed by atoms with Crippen LogP contribution in [0.4, 0.5) is 4.79 Å². The SMILES string of the molecule is C[C@@]1(c2ccccn2)NC(=O)N(CC(=O)c2ccc(Cl)c(Cl)c2)C1=O. The highest BCUT2D eigenvalue weighted by atomic mass is 35.5. The van der Waals surface area contributed by atoms with Crippen molar-refractivity contribution in [2.45, 2.75) is 12.5 Å². The molecule has 6 nitrogen and oxygen atoms in total. The van der Waals surface area contributed by atoms with Crippen molar-refractivity contribution in [3.05, 3.63) is 63.9 Å². The minimum atomic E-state index is -1.31. The molecule has 0 saturated carbocycles. The lowest BCUT2D eigenvalue weighted by Crippen LogP contribution is -2.42. The number of ketones is 1. The summed E-state index contributed by atoms with van der Waals surface area (Å²) in [6, 6.07) is 8.81. The lowest BCUT2D eigenvalue weighted by atomic mass is 9.97. The van der Waals surface area contributed by atoms with Crippen LogP contribution in [0.2, 0.25) is 10.0 Å². The number of hydrogen-bond acceptors (Lipinski definition) is 4. The molecule has 0 aliphatic carbocycles. The fourth-order valence-corrected chi connectivity index (χ4v) is 2.88. The summed E-state index contributed by atoms with van der Waals surface area (Å²) in [7, 11) is 0. The average Bonchev–Trinajstić information content (AvgIpc) is 2.82. The van der Waals surface area contributed by atoms with Gasteiger partial charge in [0, 0.05) is 11.8 Å². The number of carbonyl (C=O) groups is 3. The van der Waals surface area contributed by atoms with E-state index in [4.69, 9.17) is 23.2 Å². The van der Waals surface area contributed by atoms with Gasteiger partial charge in [-0.2, -0.15) is 0 Å². The van der Waals surface area contributed by atoms with E-state index in [1.165, 1.54) is 24.4 Å². The van der Waals surface area contributed by atoms with Crippen LogP contribution in [0.5, 0.6) is 0 Å². The Kier molecular flexibility index (Phi) is 4.49. The van der Waals surface area contributed by atoms with Crippen LogP contribution in [0.25, 0.3) is 0 Å². The average molecular weight is 378 g/mol. The molecule has 128 valence electrons. The van der Waals surface area contributed by atoms with Crippen LogP contribution in [0.3, 0.4) is 0 Å². The molecule has 1 aliphatic rings. The van der Waals surface area contributed by atoms with Crippen LogP contribution in [-0.4, -0.2) is 34.2 Å². The van der Waals surface area contributed by atoms with Gasteiger partial charge in [0.15, 0.2) is 11.3 Å². The Balaban J connectivity index is 1.83. The summed E-state index contributed by atoms with van der Waals surface area (Å²) in [5, 5.41) is 3.14. The molecule has 0 spiro atoms. The van der Waals surface area contributed by atoms with E-state index in [0.29, 0.717) is 10.7 Å². The number of nitrogens with one attached hydrogen (secondary N) is 1. The molecule has 1 fully saturated rings. The Morgan fingerprint density at radius 2 is 1.96 bits per heavy atom. The maximum atomic E-state index is 12.7. The number of Topliss-reactive ketones (excluding diaryl/α,β-unsaturated/α-hetero) is 1. The third kappa shape index (κ3) is 3.10. The number of benzene rings is 1. The number of imide groups is 1. The van der Waals surface area contributed by atoms with Gasteiger partial charge in [-0.05, 0) is 37.3 Å². The Labute approximate surface area is 153 Å². The van der Waals surface area contributed by atoms with Gasteiger partial charge in [0.2, 0.25) is 0 Å². The van der Waals surface area contributed by atoms with E-state index < -0.39 is 29.8 Å². The zero-order chi connectivity index (χ0) is 18.2. The number of halogens is 2. The Hall–Kier alpha value is -2.44. The second-order valence-electron chi connectivity index (χ2n) is 5.71. The Morgan fingerprint density at radius 1 is 1.20 bits per heavy atom. The summed E-state index contributed by atoms with van der Waals surface area (Å²) in [5.74, 6) is -0.961. The number of aromatic nitrogens is 1. The van der Waals surface area contributed by atoms with Gasteiger partial charge in [-0.3, -0.25) is 19.5 Å². The molecule has 1 aliphatic heterocycles. The molecule has 1 atom stereocenters. The van der Waals surface area contributed by atoms with E-state index in [1.54, 1.807) is 25.1 Å². The molecule has 3 rings (SSSR count). The highest BCUT2D eigenvalue weighted by Gasteiger charge is 2.50. The summed E-state index contributed by atoms with van der Waals surface area (Å²) in [5.41, 5.74) is -0.643. The second-order valence-corrected chi connectivity index (χ2v) is 6.53. The van der Waals surface area contributed by atoms with E-state index >= 15 is 0 Å². The van der Waals surface area contributed by atoms with E-state index in [9.17, 15) is 14.4 Å². The molecule has 3 amide bonds. The van der Waals surface area contributed by atoms with Crippen LogP contribution in [0, 0.1) is 0 Å². The Morgan fingerprint density at radius 3 is 2.60 bits per heavy atom. The van der Waals surface area contributed by atoms with Crippen molar-refractivity contribution in [1.29, 1.82) is 0 Å². The molecule has 1 aromatic carbocycles. The predicted molar refractivity (Wildman–Crippen MR) is 92.6 cm³/mol. The number of hydrogen-bond donors (Lipinski definition) is 1. The molecule has 0 unspecified atom stereocenters. The van der Waals surface area contributed by atoms with E-state index in [2.05, 4.69) is 10.3 Å². The topological polar surface area (TPSA) is 79.4 Å². The maximum Gasteiger partial charge on any atom is 0.325 e. The quantitative estimate of drug-likeness (QED) is 0.655. The highest BCUT2D eigenvalue weighted by Crippen LogP contribution is 2.28. The monoisotopic (exact) mass is 377 g/mol. The number of carbonyl (C=O) groups excluding carboxylic acids is 3. The number of rotatable bonds is 4. The minimum Gasteiger partial charge on any atom is -0.318 e. The molecule has 2 aromatic rings. The zero-order valence-electron chi connectivity index (χ0n) is 13.1. The van der Waals surface area contributed by atoms with Gasteiger partial charge in [0.25, 0.3) is 5.91 Å². The van der Waals surface area contributed by atoms with Crippen LogP contribution < -0.4 is 5.32 Å². The van der Waals surface area contributed by atoms with Crippen LogP contribution in [0.15, 0.2) is 42.6 Å². The van der Waals surface area contributed by atoms with E-state index in [-0.39, 0.29) is 10.6 Å². The van der Waals surface area contributed by atoms with Crippen molar-refractivity contribution in [2.24, 2.45) is 0 Å². The first-order valence-corrected chi connectivity index (χ1v) is 8.12. The largest absolute Gasteiger partial charge is 0.325 e.